The Bertz CT molecular complexity index is 552. The van der Waals surface area contributed by atoms with Gasteiger partial charge in [0.05, 0.1) is 18.2 Å². The molecule has 0 aliphatic carbocycles. The Morgan fingerprint density at radius 3 is 2.76 bits per heavy atom. The molecule has 0 saturated carbocycles. The average molecular weight is 288 g/mol. The lowest BCUT2D eigenvalue weighted by Gasteiger charge is -2.14. The van der Waals surface area contributed by atoms with Crippen LogP contribution in [0.25, 0.3) is 0 Å². The maximum Gasteiger partial charge on any atom is 0.222 e. The van der Waals surface area contributed by atoms with Crippen LogP contribution in [-0.4, -0.2) is 16.5 Å². The minimum Gasteiger partial charge on any atom is -0.472 e. The smallest absolute Gasteiger partial charge is 0.222 e. The molecule has 2 rings (SSSR count). The third-order valence-electron chi connectivity index (χ3n) is 3.48. The second kappa shape index (κ2) is 7.67. The fourth-order valence-electron chi connectivity index (χ4n) is 2.35. The Balaban J connectivity index is 2.21. The van der Waals surface area contributed by atoms with Crippen LogP contribution < -0.4 is 11.1 Å². The molecule has 0 radical (unpaired) electrons. The summed E-state index contributed by atoms with van der Waals surface area (Å²) in [7, 11) is 0. The normalized spacial score (nSPS) is 10.8. The van der Waals surface area contributed by atoms with Crippen LogP contribution in [0.15, 0.2) is 23.0 Å². The number of anilines is 2. The van der Waals surface area contributed by atoms with Crippen LogP contribution in [0.3, 0.4) is 0 Å². The predicted octanol–water partition coefficient (Wildman–Crippen LogP) is 3.41. The molecule has 0 unspecified atom stereocenters. The summed E-state index contributed by atoms with van der Waals surface area (Å²) >= 11 is 0. The summed E-state index contributed by atoms with van der Waals surface area (Å²) in [5.41, 5.74) is 9.06. The standard InChI is InChI=1S/C16H24N4O/c1-3-5-6-8-18-15-13(10-12-7-9-21-11-12)14(4-2)19-16(17)20-15/h7,9,11H,3-6,8,10H2,1-2H3,(H3,17,18,19,20). The summed E-state index contributed by atoms with van der Waals surface area (Å²) in [5.74, 6) is 1.19. The molecule has 5 heteroatoms. The molecule has 0 bridgehead atoms. The molecule has 3 N–H and O–H groups in total. The molecular formula is C16H24N4O. The van der Waals surface area contributed by atoms with E-state index in [1.165, 1.54) is 12.8 Å². The number of nitrogens with two attached hydrogens (primary N) is 1. The Hall–Kier alpha value is -2.04. The average Bonchev–Trinajstić information content (AvgIpc) is 2.98. The summed E-state index contributed by atoms with van der Waals surface area (Å²) in [6.45, 7) is 5.19. The third kappa shape index (κ3) is 4.21. The number of nitrogens with zero attached hydrogens (tertiary/aromatic N) is 2. The maximum atomic E-state index is 5.83. The Kier molecular flexibility index (Phi) is 5.60. The molecule has 0 aliphatic rings. The van der Waals surface area contributed by atoms with E-state index in [-0.39, 0.29) is 0 Å². The van der Waals surface area contributed by atoms with Crippen molar-refractivity contribution in [1.82, 2.24) is 9.97 Å². The number of nitrogen functional groups attached to an aromatic ring is 1. The van der Waals surface area contributed by atoms with Gasteiger partial charge in [0.2, 0.25) is 5.95 Å². The van der Waals surface area contributed by atoms with Gasteiger partial charge in [0.25, 0.3) is 0 Å². The molecular weight excluding hydrogens is 264 g/mol. The molecule has 0 aliphatic heterocycles. The molecule has 0 atom stereocenters. The lowest BCUT2D eigenvalue weighted by molar-refractivity contribution is 0.564. The lowest BCUT2D eigenvalue weighted by Crippen LogP contribution is -2.12. The van der Waals surface area contributed by atoms with Gasteiger partial charge >= 0.3 is 0 Å². The van der Waals surface area contributed by atoms with E-state index < -0.39 is 0 Å². The van der Waals surface area contributed by atoms with Crippen molar-refractivity contribution in [2.45, 2.75) is 46.0 Å². The molecule has 0 spiro atoms. The molecule has 2 aromatic heterocycles. The lowest BCUT2D eigenvalue weighted by atomic mass is 10.0. The first-order valence-corrected chi connectivity index (χ1v) is 7.64. The van der Waals surface area contributed by atoms with Gasteiger partial charge in [-0.25, -0.2) is 4.98 Å². The largest absolute Gasteiger partial charge is 0.472 e. The van der Waals surface area contributed by atoms with Gasteiger partial charge in [-0.2, -0.15) is 4.98 Å². The van der Waals surface area contributed by atoms with Gasteiger partial charge in [0.15, 0.2) is 0 Å². The Labute approximate surface area is 126 Å². The SMILES string of the molecule is CCCCCNc1nc(N)nc(CC)c1Cc1ccoc1. The van der Waals surface area contributed by atoms with E-state index in [0.717, 1.165) is 48.4 Å². The number of aromatic nitrogens is 2. The van der Waals surface area contributed by atoms with Crippen molar-refractivity contribution in [3.63, 3.8) is 0 Å². The van der Waals surface area contributed by atoms with Crippen LogP contribution in [-0.2, 0) is 12.8 Å². The molecule has 0 amide bonds. The summed E-state index contributed by atoms with van der Waals surface area (Å²) in [5, 5.41) is 3.41. The van der Waals surface area contributed by atoms with Crippen LogP contribution in [0.4, 0.5) is 11.8 Å². The van der Waals surface area contributed by atoms with Crippen molar-refractivity contribution in [2.75, 3.05) is 17.6 Å². The van der Waals surface area contributed by atoms with E-state index in [9.17, 15) is 0 Å². The number of furan rings is 1. The second-order valence-corrected chi connectivity index (χ2v) is 5.15. The first-order valence-electron chi connectivity index (χ1n) is 7.64. The number of aryl methyl sites for hydroxylation is 1. The number of hydrogen-bond donors (Lipinski definition) is 2. The highest BCUT2D eigenvalue weighted by atomic mass is 16.3. The van der Waals surface area contributed by atoms with Gasteiger partial charge in [0.1, 0.15) is 5.82 Å². The Morgan fingerprint density at radius 1 is 1.24 bits per heavy atom. The van der Waals surface area contributed by atoms with E-state index in [1.807, 2.05) is 6.07 Å². The van der Waals surface area contributed by atoms with Gasteiger partial charge in [0, 0.05) is 18.5 Å². The summed E-state index contributed by atoms with van der Waals surface area (Å²) in [6.07, 6.45) is 8.59. The van der Waals surface area contributed by atoms with Gasteiger partial charge < -0.3 is 15.5 Å². The fourth-order valence-corrected chi connectivity index (χ4v) is 2.35. The monoisotopic (exact) mass is 288 g/mol. The van der Waals surface area contributed by atoms with Gasteiger partial charge in [-0.15, -0.1) is 0 Å². The quantitative estimate of drug-likeness (QED) is 0.728. The highest BCUT2D eigenvalue weighted by Gasteiger charge is 2.13. The summed E-state index contributed by atoms with van der Waals surface area (Å²) in [6, 6.07) is 1.97. The fraction of sp³-hybridized carbons (Fsp3) is 0.500. The first-order chi connectivity index (χ1) is 10.2. The van der Waals surface area contributed by atoms with E-state index in [1.54, 1.807) is 12.5 Å². The number of nitrogens with one attached hydrogen (secondary N) is 1. The van der Waals surface area contributed by atoms with E-state index in [4.69, 9.17) is 10.2 Å². The molecule has 2 heterocycles. The zero-order valence-corrected chi connectivity index (χ0v) is 12.9. The minimum atomic E-state index is 0.334. The molecule has 0 fully saturated rings. The molecule has 114 valence electrons. The van der Waals surface area contributed by atoms with Gasteiger partial charge in [-0.05, 0) is 24.5 Å². The topological polar surface area (TPSA) is 77.0 Å². The number of rotatable bonds is 8. The number of hydrogen-bond acceptors (Lipinski definition) is 5. The minimum absolute atomic E-state index is 0.334. The predicted molar refractivity (Wildman–Crippen MR) is 85.4 cm³/mol. The molecule has 21 heavy (non-hydrogen) atoms. The Morgan fingerprint density at radius 2 is 2.10 bits per heavy atom. The van der Waals surface area contributed by atoms with E-state index in [0.29, 0.717) is 5.95 Å². The van der Waals surface area contributed by atoms with Gasteiger partial charge in [-0.1, -0.05) is 26.7 Å². The second-order valence-electron chi connectivity index (χ2n) is 5.15. The highest BCUT2D eigenvalue weighted by molar-refractivity contribution is 5.51. The molecule has 0 saturated heterocycles. The zero-order chi connectivity index (χ0) is 15.1. The van der Waals surface area contributed by atoms with Crippen LogP contribution in [0.5, 0.6) is 0 Å². The molecule has 2 aromatic rings. The van der Waals surface area contributed by atoms with Crippen LogP contribution >= 0.6 is 0 Å². The van der Waals surface area contributed by atoms with Crippen molar-refractivity contribution < 1.29 is 4.42 Å². The summed E-state index contributed by atoms with van der Waals surface area (Å²) in [4.78, 5) is 8.76. The van der Waals surface area contributed by atoms with E-state index >= 15 is 0 Å². The van der Waals surface area contributed by atoms with Crippen molar-refractivity contribution in [1.29, 1.82) is 0 Å². The zero-order valence-electron chi connectivity index (χ0n) is 12.9. The van der Waals surface area contributed by atoms with E-state index in [2.05, 4.69) is 29.1 Å². The van der Waals surface area contributed by atoms with Crippen molar-refractivity contribution >= 4 is 11.8 Å². The van der Waals surface area contributed by atoms with Crippen molar-refractivity contribution in [2.24, 2.45) is 0 Å². The number of unbranched alkanes of at least 4 members (excludes halogenated alkanes) is 2. The van der Waals surface area contributed by atoms with Gasteiger partial charge in [-0.3, -0.25) is 0 Å². The molecule has 5 nitrogen and oxygen atoms in total. The van der Waals surface area contributed by atoms with Crippen LogP contribution in [0.2, 0.25) is 0 Å². The van der Waals surface area contributed by atoms with Crippen LogP contribution in [0.1, 0.15) is 49.9 Å². The molecule has 0 aromatic carbocycles. The first kappa shape index (κ1) is 15.4. The third-order valence-corrected chi connectivity index (χ3v) is 3.48. The van der Waals surface area contributed by atoms with Crippen molar-refractivity contribution in [3.8, 4) is 0 Å². The highest BCUT2D eigenvalue weighted by Crippen LogP contribution is 2.22. The summed E-state index contributed by atoms with van der Waals surface area (Å²) < 4.78 is 5.15. The maximum absolute atomic E-state index is 5.83. The van der Waals surface area contributed by atoms with Crippen LogP contribution in [0, 0.1) is 0 Å². The van der Waals surface area contributed by atoms with Crippen molar-refractivity contribution in [3.05, 3.63) is 35.4 Å².